The Labute approximate surface area is 137 Å². The summed E-state index contributed by atoms with van der Waals surface area (Å²) < 4.78 is 0. The number of hydrogen-bond acceptors (Lipinski definition) is 2. The van der Waals surface area contributed by atoms with Crippen molar-refractivity contribution in [2.75, 3.05) is 6.54 Å². The van der Waals surface area contributed by atoms with E-state index in [1.807, 2.05) is 0 Å². The van der Waals surface area contributed by atoms with Crippen LogP contribution in [-0.4, -0.2) is 6.54 Å². The summed E-state index contributed by atoms with van der Waals surface area (Å²) in [4.78, 5) is 10.5. The van der Waals surface area contributed by atoms with Gasteiger partial charge in [0.05, 0.1) is 6.54 Å². The smallest absolute Gasteiger partial charge is 0.0813 e. The zero-order valence-electron chi connectivity index (χ0n) is 15.7. The second-order valence-electron chi connectivity index (χ2n) is 9.09. The Kier molecular flexibility index (Phi) is 5.39. The number of nitroso groups, excluding NO2 is 1. The van der Waals surface area contributed by atoms with Crippen LogP contribution in [0.1, 0.15) is 80.1 Å². The highest BCUT2D eigenvalue weighted by Gasteiger charge is 2.63. The van der Waals surface area contributed by atoms with Crippen LogP contribution in [0.3, 0.4) is 0 Å². The third kappa shape index (κ3) is 3.12. The van der Waals surface area contributed by atoms with E-state index in [4.69, 9.17) is 0 Å². The molecule has 2 saturated carbocycles. The largest absolute Gasteiger partial charge is 0.151 e. The maximum Gasteiger partial charge on any atom is 0.0813 e. The summed E-state index contributed by atoms with van der Waals surface area (Å²) in [6.07, 6.45) is 7.85. The summed E-state index contributed by atoms with van der Waals surface area (Å²) in [5.74, 6) is 4.04. The first-order valence-electron chi connectivity index (χ1n) is 9.60. The maximum atomic E-state index is 10.5. The quantitative estimate of drug-likeness (QED) is 0.436. The molecule has 22 heavy (non-hydrogen) atoms. The van der Waals surface area contributed by atoms with Crippen LogP contribution < -0.4 is 0 Å². The van der Waals surface area contributed by atoms with Crippen LogP contribution in [0.4, 0.5) is 0 Å². The lowest BCUT2D eigenvalue weighted by molar-refractivity contribution is -0.0432. The van der Waals surface area contributed by atoms with E-state index in [9.17, 15) is 4.91 Å². The van der Waals surface area contributed by atoms with Crippen molar-refractivity contribution in [1.29, 1.82) is 0 Å². The van der Waals surface area contributed by atoms with Crippen LogP contribution in [0.2, 0.25) is 0 Å². The van der Waals surface area contributed by atoms with Crippen molar-refractivity contribution in [1.82, 2.24) is 0 Å². The van der Waals surface area contributed by atoms with E-state index in [1.165, 1.54) is 32.1 Å². The molecular weight excluding hydrogens is 270 g/mol. The molecule has 128 valence electrons. The third-order valence-corrected chi connectivity index (χ3v) is 7.68. The molecule has 0 radical (unpaired) electrons. The highest BCUT2D eigenvalue weighted by molar-refractivity contribution is 5.12. The molecule has 0 N–H and O–H groups in total. The van der Waals surface area contributed by atoms with E-state index >= 15 is 0 Å². The molecule has 2 aliphatic rings. The van der Waals surface area contributed by atoms with Crippen molar-refractivity contribution in [2.45, 2.75) is 80.1 Å². The van der Waals surface area contributed by atoms with Gasteiger partial charge in [-0.3, -0.25) is 0 Å². The van der Waals surface area contributed by atoms with Gasteiger partial charge in [-0.1, -0.05) is 53.1 Å². The number of rotatable bonds is 10. The van der Waals surface area contributed by atoms with Crippen LogP contribution >= 0.6 is 0 Å². The van der Waals surface area contributed by atoms with Crippen molar-refractivity contribution in [3.05, 3.63) is 4.91 Å². The Hall–Kier alpha value is -0.400. The predicted octanol–water partition coefficient (Wildman–Crippen LogP) is 6.29. The molecular formula is C20H37NO. The van der Waals surface area contributed by atoms with Gasteiger partial charge in [-0.15, -0.1) is 0 Å². The fourth-order valence-electron chi connectivity index (χ4n) is 5.34. The predicted molar refractivity (Wildman–Crippen MR) is 94.7 cm³/mol. The SMILES string of the molecule is CC[C@@H](C)CC(C)(C(C)C)C(C)(C1CC1)C1CC1CCN=O. The van der Waals surface area contributed by atoms with E-state index < -0.39 is 0 Å². The molecule has 0 saturated heterocycles. The molecule has 0 aromatic carbocycles. The lowest BCUT2D eigenvalue weighted by Crippen LogP contribution is -2.46. The van der Waals surface area contributed by atoms with Crippen molar-refractivity contribution < 1.29 is 0 Å². The zero-order valence-corrected chi connectivity index (χ0v) is 15.7. The zero-order chi connectivity index (χ0) is 16.5. The molecule has 5 atom stereocenters. The van der Waals surface area contributed by atoms with Crippen molar-refractivity contribution in [3.63, 3.8) is 0 Å². The Morgan fingerprint density at radius 3 is 2.27 bits per heavy atom. The number of nitrogens with zero attached hydrogens (tertiary/aromatic N) is 1. The van der Waals surface area contributed by atoms with Crippen LogP contribution in [0.5, 0.6) is 0 Å². The molecule has 2 rings (SSSR count). The van der Waals surface area contributed by atoms with Crippen LogP contribution in [0, 0.1) is 45.3 Å². The van der Waals surface area contributed by atoms with E-state index in [0.29, 0.717) is 17.4 Å². The van der Waals surface area contributed by atoms with Crippen LogP contribution in [-0.2, 0) is 0 Å². The van der Waals surface area contributed by atoms with Gasteiger partial charge in [-0.05, 0) is 72.5 Å². The molecule has 2 aliphatic carbocycles. The molecule has 0 amide bonds. The van der Waals surface area contributed by atoms with E-state index in [1.54, 1.807) is 0 Å². The van der Waals surface area contributed by atoms with E-state index in [2.05, 4.69) is 46.7 Å². The van der Waals surface area contributed by atoms with Gasteiger partial charge in [0.25, 0.3) is 0 Å². The maximum absolute atomic E-state index is 10.5. The van der Waals surface area contributed by atoms with Crippen molar-refractivity contribution >= 4 is 0 Å². The van der Waals surface area contributed by atoms with Crippen LogP contribution in [0.25, 0.3) is 0 Å². The molecule has 0 bridgehead atoms. The monoisotopic (exact) mass is 307 g/mol. The van der Waals surface area contributed by atoms with E-state index in [-0.39, 0.29) is 0 Å². The molecule has 4 unspecified atom stereocenters. The van der Waals surface area contributed by atoms with Gasteiger partial charge in [0, 0.05) is 0 Å². The molecule has 0 aromatic heterocycles. The summed E-state index contributed by atoms with van der Waals surface area (Å²) in [5, 5.41) is 3.10. The first kappa shape index (κ1) is 17.9. The third-order valence-electron chi connectivity index (χ3n) is 7.68. The Morgan fingerprint density at radius 2 is 1.82 bits per heavy atom. The first-order chi connectivity index (χ1) is 10.3. The summed E-state index contributed by atoms with van der Waals surface area (Å²) in [5.41, 5.74) is 0.871. The minimum atomic E-state index is 0.414. The average Bonchev–Trinajstić information content (AvgIpc) is 3.37. The first-order valence-corrected chi connectivity index (χ1v) is 9.60. The van der Waals surface area contributed by atoms with Crippen molar-refractivity contribution in [3.8, 4) is 0 Å². The van der Waals surface area contributed by atoms with Gasteiger partial charge in [0.1, 0.15) is 0 Å². The molecule has 2 heteroatoms. The highest BCUT2D eigenvalue weighted by Crippen LogP contribution is 2.70. The highest BCUT2D eigenvalue weighted by atomic mass is 16.3. The Balaban J connectivity index is 2.22. The molecule has 2 nitrogen and oxygen atoms in total. The fraction of sp³-hybridized carbons (Fsp3) is 1.00. The van der Waals surface area contributed by atoms with Crippen molar-refractivity contribution in [2.24, 2.45) is 45.6 Å². The molecule has 2 fully saturated rings. The molecule has 0 aliphatic heterocycles. The lowest BCUT2D eigenvalue weighted by Gasteiger charge is -2.52. The van der Waals surface area contributed by atoms with E-state index in [0.717, 1.165) is 36.0 Å². The van der Waals surface area contributed by atoms with Gasteiger partial charge >= 0.3 is 0 Å². The fourth-order valence-corrected chi connectivity index (χ4v) is 5.34. The lowest BCUT2D eigenvalue weighted by atomic mass is 9.52. The normalized spacial score (nSPS) is 31.4. The molecule has 0 spiro atoms. The Morgan fingerprint density at radius 1 is 1.18 bits per heavy atom. The standard InChI is InChI=1S/C20H37NO/c1-7-15(4)13-19(5,14(2)3)20(6,17-8-9-17)18-12-16(18)10-11-21-22/h14-18H,7-13H2,1-6H3/t15-,16?,18?,19?,20?/m1/s1. The van der Waals surface area contributed by atoms with Gasteiger partial charge in [0.2, 0.25) is 0 Å². The average molecular weight is 308 g/mol. The number of hydrogen-bond donors (Lipinski definition) is 0. The minimum Gasteiger partial charge on any atom is -0.151 e. The summed E-state index contributed by atoms with van der Waals surface area (Å²) in [6, 6.07) is 0. The topological polar surface area (TPSA) is 29.4 Å². The second-order valence-corrected chi connectivity index (χ2v) is 9.09. The van der Waals surface area contributed by atoms with Gasteiger partial charge in [-0.25, -0.2) is 0 Å². The van der Waals surface area contributed by atoms with Crippen LogP contribution in [0.15, 0.2) is 5.18 Å². The molecule has 0 aromatic rings. The van der Waals surface area contributed by atoms with Gasteiger partial charge < -0.3 is 0 Å². The second kappa shape index (κ2) is 6.61. The Bertz CT molecular complexity index is 389. The van der Waals surface area contributed by atoms with Gasteiger partial charge in [0.15, 0.2) is 0 Å². The van der Waals surface area contributed by atoms with Gasteiger partial charge in [-0.2, -0.15) is 4.91 Å². The minimum absolute atomic E-state index is 0.414. The summed E-state index contributed by atoms with van der Waals surface area (Å²) >= 11 is 0. The summed E-state index contributed by atoms with van der Waals surface area (Å²) in [6.45, 7) is 15.3. The molecule has 0 heterocycles. The summed E-state index contributed by atoms with van der Waals surface area (Å²) in [7, 11) is 0.